The predicted octanol–water partition coefficient (Wildman–Crippen LogP) is 2.05. The minimum atomic E-state index is -0.390. The third-order valence-electron chi connectivity index (χ3n) is 4.91. The van der Waals surface area contributed by atoms with E-state index >= 15 is 0 Å². The number of hydrogen-bond acceptors (Lipinski definition) is 6. The fraction of sp³-hybridized carbons (Fsp3) is 0.143. The molecule has 4 aromatic rings. The van der Waals surface area contributed by atoms with Gasteiger partial charge < -0.3 is 0 Å². The maximum absolute atomic E-state index is 12.5. The van der Waals surface area contributed by atoms with E-state index in [2.05, 4.69) is 25.5 Å². The van der Waals surface area contributed by atoms with Gasteiger partial charge in [0.25, 0.3) is 11.5 Å². The molecule has 3 heterocycles. The minimum absolute atomic E-state index is 0.0534. The van der Waals surface area contributed by atoms with Crippen LogP contribution in [0.25, 0.3) is 21.9 Å². The molecule has 1 amide bonds. The second kappa shape index (κ2) is 6.90. The smallest absolute Gasteiger partial charge is 0.271 e. The molecule has 1 aliphatic heterocycles. The van der Waals surface area contributed by atoms with E-state index in [4.69, 9.17) is 0 Å². The van der Waals surface area contributed by atoms with Gasteiger partial charge in [0, 0.05) is 18.5 Å². The summed E-state index contributed by atoms with van der Waals surface area (Å²) in [5, 5.41) is 4.48. The zero-order chi connectivity index (χ0) is 19.8. The van der Waals surface area contributed by atoms with Crippen LogP contribution in [0.5, 0.6) is 0 Å². The van der Waals surface area contributed by atoms with Crippen LogP contribution in [0.2, 0.25) is 0 Å². The van der Waals surface area contributed by atoms with Gasteiger partial charge >= 0.3 is 0 Å². The summed E-state index contributed by atoms with van der Waals surface area (Å²) in [6, 6.07) is 12.4. The lowest BCUT2D eigenvalue weighted by molar-refractivity contribution is 0.0955. The highest BCUT2D eigenvalue weighted by Crippen LogP contribution is 2.16. The number of carbonyl (C=O) groups is 1. The lowest BCUT2D eigenvalue weighted by atomic mass is 10.1. The van der Waals surface area contributed by atoms with E-state index in [1.54, 1.807) is 29.0 Å². The number of fused-ring (bicyclic) bond motifs is 3. The van der Waals surface area contributed by atoms with Crippen molar-refractivity contribution in [1.29, 1.82) is 0 Å². The number of nitrogens with zero attached hydrogens (tertiary/aromatic N) is 5. The Morgan fingerprint density at radius 3 is 2.86 bits per heavy atom. The van der Waals surface area contributed by atoms with Gasteiger partial charge in [0.2, 0.25) is 0 Å². The van der Waals surface area contributed by atoms with Crippen molar-refractivity contribution >= 4 is 34.1 Å². The first-order valence-electron chi connectivity index (χ1n) is 9.28. The van der Waals surface area contributed by atoms with Crippen molar-refractivity contribution in [3.05, 3.63) is 76.1 Å². The number of rotatable bonds is 3. The van der Waals surface area contributed by atoms with Crippen LogP contribution in [0.4, 0.5) is 0 Å². The van der Waals surface area contributed by atoms with Crippen molar-refractivity contribution < 1.29 is 4.79 Å². The van der Waals surface area contributed by atoms with Gasteiger partial charge in [-0.3, -0.25) is 19.1 Å². The molecule has 5 rings (SSSR count). The lowest BCUT2D eigenvalue weighted by Crippen LogP contribution is -2.22. The summed E-state index contributed by atoms with van der Waals surface area (Å²) in [4.78, 5) is 38.2. The molecule has 0 aliphatic carbocycles. The number of aromatic nitrogens is 4. The second-order valence-corrected chi connectivity index (χ2v) is 6.80. The summed E-state index contributed by atoms with van der Waals surface area (Å²) in [5.41, 5.74) is 5.42. The lowest BCUT2D eigenvalue weighted by Gasteiger charge is -2.06. The number of hydrazone groups is 1. The summed E-state index contributed by atoms with van der Waals surface area (Å²) < 4.78 is 1.71. The Bertz CT molecular complexity index is 1360. The highest BCUT2D eigenvalue weighted by molar-refractivity contribution is 5.98. The molecule has 2 aromatic carbocycles. The molecule has 29 heavy (non-hydrogen) atoms. The topological polar surface area (TPSA) is 102 Å². The van der Waals surface area contributed by atoms with Gasteiger partial charge in [-0.15, -0.1) is 0 Å². The van der Waals surface area contributed by atoms with Crippen LogP contribution < -0.4 is 11.0 Å². The first kappa shape index (κ1) is 17.2. The van der Waals surface area contributed by atoms with Gasteiger partial charge in [-0.05, 0) is 36.8 Å². The van der Waals surface area contributed by atoms with Crippen molar-refractivity contribution in [1.82, 2.24) is 24.9 Å². The molecule has 0 fully saturated rings. The molecule has 0 atom stereocenters. The Morgan fingerprint density at radius 2 is 1.97 bits per heavy atom. The fourth-order valence-corrected chi connectivity index (χ4v) is 3.48. The molecule has 0 bridgehead atoms. The molecule has 8 heteroatoms. The molecule has 142 valence electrons. The monoisotopic (exact) mass is 384 g/mol. The number of amides is 1. The Hall–Kier alpha value is -3.94. The molecule has 0 spiro atoms. The number of para-hydroxylation sites is 2. The Morgan fingerprint density at radius 1 is 1.10 bits per heavy atom. The van der Waals surface area contributed by atoms with Gasteiger partial charge in [0.1, 0.15) is 11.5 Å². The summed E-state index contributed by atoms with van der Waals surface area (Å²) in [7, 11) is 0. The van der Waals surface area contributed by atoms with Gasteiger partial charge in [-0.25, -0.2) is 15.4 Å². The number of nitrogens with one attached hydrogen (secondary N) is 1. The standard InChI is InChI=1S/C21H16N6O2/c28-20(26-23-12-14-11-22-16-4-1-2-5-17(16)24-14)13-7-8-15-18(10-13)25-19-6-3-9-27(19)21(15)29/h1-2,4-5,7-8,10-12H,3,6,9H2,(H,26,28)/b23-12-. The first-order valence-corrected chi connectivity index (χ1v) is 9.28. The normalized spacial score (nSPS) is 13.2. The van der Waals surface area contributed by atoms with Crippen molar-refractivity contribution in [3.8, 4) is 0 Å². The van der Waals surface area contributed by atoms with Gasteiger partial charge in [-0.1, -0.05) is 12.1 Å². The van der Waals surface area contributed by atoms with Gasteiger partial charge in [0.05, 0.1) is 34.3 Å². The van der Waals surface area contributed by atoms with Gasteiger partial charge in [0.15, 0.2) is 0 Å². The zero-order valence-electron chi connectivity index (χ0n) is 15.4. The summed E-state index contributed by atoms with van der Waals surface area (Å²) in [6.45, 7) is 0.700. The van der Waals surface area contributed by atoms with E-state index in [1.165, 1.54) is 6.21 Å². The highest BCUT2D eigenvalue weighted by atomic mass is 16.2. The average Bonchev–Trinajstić information content (AvgIpc) is 3.22. The zero-order valence-corrected chi connectivity index (χ0v) is 15.4. The van der Waals surface area contributed by atoms with E-state index < -0.39 is 0 Å². The molecular weight excluding hydrogens is 368 g/mol. The fourth-order valence-electron chi connectivity index (χ4n) is 3.48. The van der Waals surface area contributed by atoms with Crippen LogP contribution in [0.15, 0.2) is 58.6 Å². The van der Waals surface area contributed by atoms with E-state index in [-0.39, 0.29) is 11.5 Å². The largest absolute Gasteiger partial charge is 0.296 e. The highest BCUT2D eigenvalue weighted by Gasteiger charge is 2.17. The van der Waals surface area contributed by atoms with Crippen LogP contribution in [0.3, 0.4) is 0 Å². The van der Waals surface area contributed by atoms with Crippen molar-refractivity contribution in [2.75, 3.05) is 0 Å². The number of carbonyl (C=O) groups excluding carboxylic acids is 1. The molecule has 0 saturated heterocycles. The van der Waals surface area contributed by atoms with E-state index in [0.29, 0.717) is 28.7 Å². The third-order valence-corrected chi connectivity index (χ3v) is 4.91. The van der Waals surface area contributed by atoms with Crippen LogP contribution >= 0.6 is 0 Å². The number of aryl methyl sites for hydroxylation is 1. The van der Waals surface area contributed by atoms with Crippen molar-refractivity contribution in [2.45, 2.75) is 19.4 Å². The minimum Gasteiger partial charge on any atom is -0.296 e. The second-order valence-electron chi connectivity index (χ2n) is 6.80. The molecule has 8 nitrogen and oxygen atoms in total. The maximum Gasteiger partial charge on any atom is 0.271 e. The molecule has 2 aromatic heterocycles. The third kappa shape index (κ3) is 3.14. The molecule has 1 aliphatic rings. The first-order chi connectivity index (χ1) is 14.2. The van der Waals surface area contributed by atoms with Crippen LogP contribution in [0.1, 0.15) is 28.3 Å². The Balaban J connectivity index is 1.37. The number of benzene rings is 2. The molecule has 0 saturated carbocycles. The van der Waals surface area contributed by atoms with Crippen LogP contribution in [-0.2, 0) is 13.0 Å². The SMILES string of the molecule is O=C(N/N=C\c1cnc2ccccc2n1)c1ccc2c(=O)n3c(nc2c1)CCC3. The summed E-state index contributed by atoms with van der Waals surface area (Å²) in [5.74, 6) is 0.382. The number of hydrogen-bond donors (Lipinski definition) is 1. The molecule has 0 unspecified atom stereocenters. The van der Waals surface area contributed by atoms with Crippen LogP contribution in [0, 0.1) is 0 Å². The molecule has 1 N–H and O–H groups in total. The van der Waals surface area contributed by atoms with Gasteiger partial charge in [-0.2, -0.15) is 5.10 Å². The van der Waals surface area contributed by atoms with Crippen molar-refractivity contribution in [3.63, 3.8) is 0 Å². The molecular formula is C21H16N6O2. The Labute approximate surface area is 164 Å². The van der Waals surface area contributed by atoms with Crippen molar-refractivity contribution in [2.24, 2.45) is 5.10 Å². The van der Waals surface area contributed by atoms with E-state index in [0.717, 1.165) is 29.7 Å². The maximum atomic E-state index is 12.5. The molecule has 0 radical (unpaired) electrons. The summed E-state index contributed by atoms with van der Waals surface area (Å²) >= 11 is 0. The Kier molecular flexibility index (Phi) is 4.09. The van der Waals surface area contributed by atoms with E-state index in [9.17, 15) is 9.59 Å². The average molecular weight is 384 g/mol. The van der Waals surface area contributed by atoms with E-state index in [1.807, 2.05) is 24.3 Å². The summed E-state index contributed by atoms with van der Waals surface area (Å²) in [6.07, 6.45) is 4.72. The quantitative estimate of drug-likeness (QED) is 0.430. The van der Waals surface area contributed by atoms with Crippen LogP contribution in [-0.4, -0.2) is 31.6 Å². The predicted molar refractivity (Wildman–Crippen MR) is 109 cm³/mol.